The Balaban J connectivity index is 3.39. The van der Waals surface area contributed by atoms with Crippen LogP contribution in [0.15, 0.2) is 12.1 Å². The topological polar surface area (TPSA) is 70.0 Å². The van der Waals surface area contributed by atoms with E-state index in [1.54, 1.807) is 13.0 Å². The lowest BCUT2D eigenvalue weighted by atomic mass is 10.1. The van der Waals surface area contributed by atoms with Crippen molar-refractivity contribution < 1.29 is 5.11 Å². The van der Waals surface area contributed by atoms with Crippen molar-refractivity contribution in [3.05, 3.63) is 23.3 Å². The second-order valence-corrected chi connectivity index (χ2v) is 2.35. The number of aryl methyl sites for hydroxylation is 1. The van der Waals surface area contributed by atoms with Crippen molar-refractivity contribution in [1.82, 2.24) is 0 Å². The highest BCUT2D eigenvalue weighted by Crippen LogP contribution is 2.23. The maximum atomic E-state index is 9.24. The van der Waals surface area contributed by atoms with Gasteiger partial charge in [0.05, 0.1) is 5.56 Å². The van der Waals surface area contributed by atoms with Gasteiger partial charge in [0, 0.05) is 5.69 Å². The smallest absolute Gasteiger partial charge is 0.136 e. The van der Waals surface area contributed by atoms with Crippen LogP contribution in [0.4, 0.5) is 5.69 Å². The van der Waals surface area contributed by atoms with Crippen LogP contribution in [0.25, 0.3) is 0 Å². The van der Waals surface area contributed by atoms with Crippen molar-refractivity contribution in [3.8, 4) is 11.8 Å². The summed E-state index contributed by atoms with van der Waals surface area (Å²) in [5.41, 5.74) is 6.79. The van der Waals surface area contributed by atoms with Gasteiger partial charge in [0.1, 0.15) is 11.8 Å². The molecule has 3 nitrogen and oxygen atoms in total. The number of nitrogens with two attached hydrogens (primary N) is 1. The molecular weight excluding hydrogens is 140 g/mol. The van der Waals surface area contributed by atoms with Gasteiger partial charge < -0.3 is 10.8 Å². The molecule has 0 saturated heterocycles. The van der Waals surface area contributed by atoms with E-state index in [0.717, 1.165) is 0 Å². The number of nitriles is 1. The maximum absolute atomic E-state index is 9.24. The third-order valence-electron chi connectivity index (χ3n) is 1.44. The minimum atomic E-state index is 0.0155. The minimum absolute atomic E-state index is 0.0155. The van der Waals surface area contributed by atoms with Crippen molar-refractivity contribution in [2.45, 2.75) is 6.92 Å². The molecule has 0 spiro atoms. The molecule has 0 aliphatic heterocycles. The fourth-order valence-corrected chi connectivity index (χ4v) is 0.893. The van der Waals surface area contributed by atoms with Crippen molar-refractivity contribution in [2.75, 3.05) is 5.73 Å². The predicted molar refractivity (Wildman–Crippen MR) is 42.0 cm³/mol. The standard InChI is InChI=1S/C8H8N2O/c1-5-2-7(10)3-6(4-9)8(5)11/h2-3,11H,10H2,1H3. The van der Waals surface area contributed by atoms with Gasteiger partial charge in [-0.15, -0.1) is 0 Å². The molecule has 0 radical (unpaired) electrons. The van der Waals surface area contributed by atoms with Crippen LogP contribution in [-0.2, 0) is 0 Å². The number of phenols is 1. The van der Waals surface area contributed by atoms with Gasteiger partial charge in [-0.2, -0.15) is 5.26 Å². The maximum Gasteiger partial charge on any atom is 0.136 e. The molecule has 3 N–H and O–H groups in total. The molecule has 0 saturated carbocycles. The Morgan fingerprint density at radius 1 is 1.55 bits per heavy atom. The zero-order valence-electron chi connectivity index (χ0n) is 6.13. The number of nitrogens with zero attached hydrogens (tertiary/aromatic N) is 1. The van der Waals surface area contributed by atoms with Gasteiger partial charge in [-0.3, -0.25) is 0 Å². The van der Waals surface area contributed by atoms with Crippen LogP contribution in [0.1, 0.15) is 11.1 Å². The lowest BCUT2D eigenvalue weighted by Crippen LogP contribution is -1.88. The van der Waals surface area contributed by atoms with Crippen LogP contribution >= 0.6 is 0 Å². The normalized spacial score (nSPS) is 9.09. The molecule has 1 aromatic carbocycles. The third-order valence-corrected chi connectivity index (χ3v) is 1.44. The van der Waals surface area contributed by atoms with E-state index in [0.29, 0.717) is 11.3 Å². The third kappa shape index (κ3) is 1.24. The lowest BCUT2D eigenvalue weighted by molar-refractivity contribution is 0.469. The molecule has 0 bridgehead atoms. The Morgan fingerprint density at radius 3 is 2.73 bits per heavy atom. The number of hydrogen-bond acceptors (Lipinski definition) is 3. The summed E-state index contributed by atoms with van der Waals surface area (Å²) in [6.07, 6.45) is 0. The average Bonchev–Trinajstić information content (AvgIpc) is 1.96. The lowest BCUT2D eigenvalue weighted by Gasteiger charge is -2.01. The Morgan fingerprint density at radius 2 is 2.18 bits per heavy atom. The number of aromatic hydroxyl groups is 1. The van der Waals surface area contributed by atoms with Gasteiger partial charge >= 0.3 is 0 Å². The van der Waals surface area contributed by atoms with Crippen molar-refractivity contribution >= 4 is 5.69 Å². The number of nitrogen functional groups attached to an aromatic ring is 1. The number of anilines is 1. The van der Waals surface area contributed by atoms with Crippen LogP contribution in [0.3, 0.4) is 0 Å². The SMILES string of the molecule is Cc1cc(N)cc(C#N)c1O. The summed E-state index contributed by atoms with van der Waals surface area (Å²) in [6.45, 7) is 1.70. The molecule has 0 aliphatic carbocycles. The van der Waals surface area contributed by atoms with Gasteiger partial charge in [-0.1, -0.05) is 0 Å². The summed E-state index contributed by atoms with van der Waals surface area (Å²) in [5.74, 6) is 0.0155. The predicted octanol–water partition coefficient (Wildman–Crippen LogP) is 1.15. The Kier molecular flexibility index (Phi) is 1.69. The molecule has 0 fully saturated rings. The van der Waals surface area contributed by atoms with E-state index in [-0.39, 0.29) is 11.3 Å². The van der Waals surface area contributed by atoms with E-state index in [2.05, 4.69) is 0 Å². The summed E-state index contributed by atoms with van der Waals surface area (Å²) < 4.78 is 0. The van der Waals surface area contributed by atoms with E-state index in [9.17, 15) is 5.11 Å². The van der Waals surface area contributed by atoms with Crippen molar-refractivity contribution in [1.29, 1.82) is 5.26 Å². The van der Waals surface area contributed by atoms with E-state index < -0.39 is 0 Å². The molecule has 0 aromatic heterocycles. The molecule has 0 unspecified atom stereocenters. The first-order valence-corrected chi connectivity index (χ1v) is 3.14. The Hall–Kier alpha value is -1.69. The fraction of sp³-hybridized carbons (Fsp3) is 0.125. The van der Waals surface area contributed by atoms with Crippen LogP contribution in [0.5, 0.6) is 5.75 Å². The highest BCUT2D eigenvalue weighted by Gasteiger charge is 2.03. The number of hydrogen-bond donors (Lipinski definition) is 2. The van der Waals surface area contributed by atoms with E-state index >= 15 is 0 Å². The zero-order chi connectivity index (χ0) is 8.43. The number of rotatable bonds is 0. The highest BCUT2D eigenvalue weighted by molar-refractivity contribution is 5.56. The number of benzene rings is 1. The summed E-state index contributed by atoms with van der Waals surface area (Å²) in [6, 6.07) is 4.91. The second kappa shape index (κ2) is 2.51. The van der Waals surface area contributed by atoms with Crippen LogP contribution in [-0.4, -0.2) is 5.11 Å². The fourth-order valence-electron chi connectivity index (χ4n) is 0.893. The summed E-state index contributed by atoms with van der Waals surface area (Å²) in [5, 5.41) is 17.7. The first-order chi connectivity index (χ1) is 5.15. The van der Waals surface area contributed by atoms with E-state index in [1.807, 2.05) is 6.07 Å². The van der Waals surface area contributed by atoms with E-state index in [4.69, 9.17) is 11.0 Å². The first kappa shape index (κ1) is 7.42. The molecule has 11 heavy (non-hydrogen) atoms. The Labute approximate surface area is 64.7 Å². The minimum Gasteiger partial charge on any atom is -0.506 e. The van der Waals surface area contributed by atoms with Gasteiger partial charge in [-0.25, -0.2) is 0 Å². The molecular formula is C8H8N2O. The zero-order valence-corrected chi connectivity index (χ0v) is 6.13. The van der Waals surface area contributed by atoms with Crippen molar-refractivity contribution in [3.63, 3.8) is 0 Å². The van der Waals surface area contributed by atoms with Gasteiger partial charge in [0.25, 0.3) is 0 Å². The number of phenolic OH excluding ortho intramolecular Hbond substituents is 1. The second-order valence-electron chi connectivity index (χ2n) is 2.35. The molecule has 0 heterocycles. The molecule has 1 aromatic rings. The first-order valence-electron chi connectivity index (χ1n) is 3.14. The quantitative estimate of drug-likeness (QED) is 0.428. The monoisotopic (exact) mass is 148 g/mol. The van der Waals surface area contributed by atoms with Gasteiger partial charge in [0.2, 0.25) is 0 Å². The van der Waals surface area contributed by atoms with Crippen LogP contribution in [0, 0.1) is 18.3 Å². The molecule has 56 valence electrons. The van der Waals surface area contributed by atoms with Gasteiger partial charge in [-0.05, 0) is 24.6 Å². The summed E-state index contributed by atoms with van der Waals surface area (Å²) in [7, 11) is 0. The average molecular weight is 148 g/mol. The van der Waals surface area contributed by atoms with Crippen LogP contribution < -0.4 is 5.73 Å². The molecule has 0 atom stereocenters. The highest BCUT2D eigenvalue weighted by atomic mass is 16.3. The summed E-state index contributed by atoms with van der Waals surface area (Å²) in [4.78, 5) is 0. The molecule has 1 rings (SSSR count). The van der Waals surface area contributed by atoms with E-state index in [1.165, 1.54) is 6.07 Å². The summed E-state index contributed by atoms with van der Waals surface area (Å²) >= 11 is 0. The molecule has 0 aliphatic rings. The van der Waals surface area contributed by atoms with Crippen LogP contribution in [0.2, 0.25) is 0 Å². The molecule has 0 amide bonds. The van der Waals surface area contributed by atoms with Gasteiger partial charge in [0.15, 0.2) is 0 Å². The largest absolute Gasteiger partial charge is 0.506 e. The Bertz CT molecular complexity index is 326. The van der Waals surface area contributed by atoms with Crippen molar-refractivity contribution in [2.24, 2.45) is 0 Å². The molecule has 3 heteroatoms.